The Morgan fingerprint density at radius 2 is 1.76 bits per heavy atom. The molecule has 1 atom stereocenters. The van der Waals surface area contributed by atoms with Gasteiger partial charge in [0.1, 0.15) is 23.8 Å². The highest BCUT2D eigenvalue weighted by molar-refractivity contribution is 5.53. The molecule has 2 heterocycles. The largest absolute Gasteiger partial charge is 0.490 e. The highest BCUT2D eigenvalue weighted by atomic mass is 19.1. The van der Waals surface area contributed by atoms with Crippen LogP contribution in [0.3, 0.4) is 0 Å². The molecule has 33 heavy (non-hydrogen) atoms. The van der Waals surface area contributed by atoms with Crippen molar-refractivity contribution in [1.29, 1.82) is 0 Å². The Hall–Kier alpha value is -2.19. The summed E-state index contributed by atoms with van der Waals surface area (Å²) in [7, 11) is 0. The van der Waals surface area contributed by atoms with Crippen molar-refractivity contribution in [3.63, 3.8) is 0 Å². The summed E-state index contributed by atoms with van der Waals surface area (Å²) < 4.78 is 25.0. The van der Waals surface area contributed by atoms with Crippen molar-refractivity contribution in [3.8, 4) is 5.75 Å². The molecular formula is C26H35FN2O4. The molecule has 0 amide bonds. The van der Waals surface area contributed by atoms with Gasteiger partial charge in [0.15, 0.2) is 0 Å². The van der Waals surface area contributed by atoms with Gasteiger partial charge in [0.05, 0.1) is 18.8 Å². The molecule has 0 spiro atoms. The average molecular weight is 459 g/mol. The zero-order chi connectivity index (χ0) is 23.5. The van der Waals surface area contributed by atoms with Crippen LogP contribution in [0.2, 0.25) is 0 Å². The van der Waals surface area contributed by atoms with Gasteiger partial charge in [0, 0.05) is 38.4 Å². The molecule has 0 saturated carbocycles. The number of hydrogen-bond donors (Lipinski definition) is 2. The summed E-state index contributed by atoms with van der Waals surface area (Å²) >= 11 is 0. The minimum absolute atomic E-state index is 0.0358. The number of para-hydroxylation sites is 1. The number of rotatable bonds is 6. The molecule has 0 aromatic heterocycles. The van der Waals surface area contributed by atoms with Crippen molar-refractivity contribution in [1.82, 2.24) is 4.90 Å². The van der Waals surface area contributed by atoms with E-state index in [1.807, 2.05) is 6.07 Å². The van der Waals surface area contributed by atoms with Crippen LogP contribution in [0.1, 0.15) is 24.0 Å². The summed E-state index contributed by atoms with van der Waals surface area (Å²) in [6, 6.07) is 12.9. The van der Waals surface area contributed by atoms with Gasteiger partial charge in [0.25, 0.3) is 0 Å². The molecule has 0 radical (unpaired) electrons. The summed E-state index contributed by atoms with van der Waals surface area (Å²) in [5.41, 5.74) is 0.952. The second kappa shape index (κ2) is 9.97. The van der Waals surface area contributed by atoms with Crippen molar-refractivity contribution in [2.24, 2.45) is 0 Å². The molecule has 4 rings (SSSR count). The maximum atomic E-state index is 13.5. The lowest BCUT2D eigenvalue weighted by atomic mass is 9.89. The van der Waals surface area contributed by atoms with Crippen LogP contribution in [0, 0.1) is 19.7 Å². The fourth-order valence-electron chi connectivity index (χ4n) is 4.80. The molecule has 6 nitrogen and oxygen atoms in total. The first-order valence-corrected chi connectivity index (χ1v) is 11.7. The second-order valence-corrected chi connectivity index (χ2v) is 9.69. The Bertz CT molecular complexity index is 948. The molecule has 2 N–H and O–H groups in total. The molecule has 0 unspecified atom stereocenters. The summed E-state index contributed by atoms with van der Waals surface area (Å²) in [5.74, 6) is 0.229. The zero-order valence-electron chi connectivity index (χ0n) is 19.6. The quantitative estimate of drug-likeness (QED) is 0.694. The lowest BCUT2D eigenvalue weighted by molar-refractivity contribution is -0.0742. The van der Waals surface area contributed by atoms with Crippen molar-refractivity contribution >= 4 is 5.69 Å². The number of β-amino-alcohol motifs (C(OH)–C–C–N with tert-alkyl or cyclic N) is 2. The van der Waals surface area contributed by atoms with E-state index in [1.54, 1.807) is 19.1 Å². The van der Waals surface area contributed by atoms with Crippen LogP contribution in [0.15, 0.2) is 42.5 Å². The van der Waals surface area contributed by atoms with Gasteiger partial charge in [-0.15, -0.1) is 0 Å². The SMILES string of the molecule is Cc1cc(OC[C@@]2(O)COCCN(CC3(O)CCN(c4ccccc4C)CC3)C2)ccc1F. The van der Waals surface area contributed by atoms with E-state index in [0.717, 1.165) is 13.1 Å². The van der Waals surface area contributed by atoms with Crippen LogP contribution < -0.4 is 9.64 Å². The van der Waals surface area contributed by atoms with Gasteiger partial charge < -0.3 is 24.6 Å². The van der Waals surface area contributed by atoms with Gasteiger partial charge in [0.2, 0.25) is 0 Å². The smallest absolute Gasteiger partial charge is 0.134 e. The lowest BCUT2D eigenvalue weighted by Crippen LogP contribution is -2.55. The van der Waals surface area contributed by atoms with Crippen molar-refractivity contribution in [3.05, 3.63) is 59.4 Å². The Kier molecular flexibility index (Phi) is 7.24. The number of aryl methyl sites for hydroxylation is 2. The van der Waals surface area contributed by atoms with Crippen LogP contribution in [0.5, 0.6) is 5.75 Å². The predicted molar refractivity (Wildman–Crippen MR) is 126 cm³/mol. The number of anilines is 1. The van der Waals surface area contributed by atoms with E-state index in [2.05, 4.69) is 34.9 Å². The molecule has 2 aromatic carbocycles. The van der Waals surface area contributed by atoms with E-state index < -0.39 is 11.2 Å². The van der Waals surface area contributed by atoms with Crippen LogP contribution in [-0.2, 0) is 4.74 Å². The predicted octanol–water partition coefficient (Wildman–Crippen LogP) is 2.92. The van der Waals surface area contributed by atoms with Gasteiger partial charge in [-0.05, 0) is 62.1 Å². The van der Waals surface area contributed by atoms with E-state index >= 15 is 0 Å². The van der Waals surface area contributed by atoms with E-state index in [9.17, 15) is 14.6 Å². The second-order valence-electron chi connectivity index (χ2n) is 9.69. The van der Waals surface area contributed by atoms with Gasteiger partial charge >= 0.3 is 0 Å². The normalized spacial score (nSPS) is 23.8. The van der Waals surface area contributed by atoms with Crippen LogP contribution >= 0.6 is 0 Å². The Morgan fingerprint density at radius 1 is 1.00 bits per heavy atom. The van der Waals surface area contributed by atoms with Crippen molar-refractivity contribution in [2.75, 3.05) is 57.4 Å². The van der Waals surface area contributed by atoms with Crippen LogP contribution in [-0.4, -0.2) is 78.9 Å². The van der Waals surface area contributed by atoms with E-state index in [0.29, 0.717) is 50.4 Å². The topological polar surface area (TPSA) is 65.4 Å². The third kappa shape index (κ3) is 6.03. The lowest BCUT2D eigenvalue weighted by Gasteiger charge is -2.42. The number of nitrogens with zero attached hydrogens (tertiary/aromatic N) is 2. The molecule has 2 aliphatic heterocycles. The summed E-state index contributed by atoms with van der Waals surface area (Å²) in [5, 5.41) is 22.5. The minimum atomic E-state index is -1.21. The standard InChI is InChI=1S/C26H35FN2O4/c1-20-5-3-4-6-24(20)29-11-9-25(30,10-12-29)16-28-13-14-32-18-26(31,17-28)19-33-22-7-8-23(27)21(2)15-22/h3-8,15,30-31H,9-14,16-19H2,1-2H3/t26-/m0/s1. The van der Waals surface area contributed by atoms with Gasteiger partial charge in [-0.2, -0.15) is 0 Å². The summed E-state index contributed by atoms with van der Waals surface area (Å²) in [6.07, 6.45) is 1.34. The van der Waals surface area contributed by atoms with E-state index in [4.69, 9.17) is 9.47 Å². The molecular weight excluding hydrogens is 423 g/mol. The third-order valence-electron chi connectivity index (χ3n) is 6.75. The Morgan fingerprint density at radius 3 is 2.48 bits per heavy atom. The van der Waals surface area contributed by atoms with Crippen LogP contribution in [0.4, 0.5) is 10.1 Å². The number of aliphatic hydroxyl groups is 2. The summed E-state index contributed by atoms with van der Waals surface area (Å²) in [6.45, 7) is 7.53. The number of hydrogen-bond acceptors (Lipinski definition) is 6. The first-order chi connectivity index (χ1) is 15.8. The number of benzene rings is 2. The highest BCUT2D eigenvalue weighted by Gasteiger charge is 2.39. The molecule has 0 aliphatic carbocycles. The maximum Gasteiger partial charge on any atom is 0.134 e. The van der Waals surface area contributed by atoms with Gasteiger partial charge in [-0.25, -0.2) is 4.39 Å². The number of piperidine rings is 1. The molecule has 2 aromatic rings. The zero-order valence-corrected chi connectivity index (χ0v) is 19.6. The highest BCUT2D eigenvalue weighted by Crippen LogP contribution is 2.30. The Labute approximate surface area is 195 Å². The molecule has 7 heteroatoms. The fourth-order valence-corrected chi connectivity index (χ4v) is 4.80. The summed E-state index contributed by atoms with van der Waals surface area (Å²) in [4.78, 5) is 4.42. The van der Waals surface area contributed by atoms with Crippen LogP contribution in [0.25, 0.3) is 0 Å². The number of halogens is 1. The fraction of sp³-hybridized carbons (Fsp3) is 0.538. The molecule has 0 bridgehead atoms. The van der Waals surface area contributed by atoms with Crippen molar-refractivity contribution in [2.45, 2.75) is 37.9 Å². The third-order valence-corrected chi connectivity index (χ3v) is 6.75. The van der Waals surface area contributed by atoms with Gasteiger partial charge in [-0.3, -0.25) is 4.90 Å². The first-order valence-electron chi connectivity index (χ1n) is 11.7. The van der Waals surface area contributed by atoms with E-state index in [1.165, 1.54) is 17.3 Å². The minimum Gasteiger partial charge on any atom is -0.490 e. The monoisotopic (exact) mass is 458 g/mol. The molecule has 2 aliphatic rings. The molecule has 2 fully saturated rings. The number of ether oxygens (including phenoxy) is 2. The first kappa shape index (κ1) is 24.0. The average Bonchev–Trinajstić information content (AvgIpc) is 2.97. The van der Waals surface area contributed by atoms with E-state index in [-0.39, 0.29) is 19.0 Å². The maximum absolute atomic E-state index is 13.5. The van der Waals surface area contributed by atoms with Crippen molar-refractivity contribution < 1.29 is 24.1 Å². The Balaban J connectivity index is 1.34. The molecule has 2 saturated heterocycles. The van der Waals surface area contributed by atoms with Gasteiger partial charge in [-0.1, -0.05) is 18.2 Å². The molecule has 180 valence electrons.